The summed E-state index contributed by atoms with van der Waals surface area (Å²) in [5.74, 6) is 0.250. The largest absolute Gasteiger partial charge is 0.363 e. The molecule has 0 spiro atoms. The first-order chi connectivity index (χ1) is 3.72. The number of ketones is 1. The lowest BCUT2D eigenvalue weighted by Crippen LogP contribution is -2.07. The Morgan fingerprint density at radius 1 is 1.75 bits per heavy atom. The summed E-state index contributed by atoms with van der Waals surface area (Å²) in [6.45, 7) is 4.16. The minimum Gasteiger partial charge on any atom is -0.363 e. The number of rotatable bonds is 0. The topological polar surface area (TPSA) is 26.3 Å². The molecule has 1 aliphatic rings. The highest BCUT2D eigenvalue weighted by Gasteiger charge is 2.28. The zero-order valence-corrected chi connectivity index (χ0v) is 5.10. The molecule has 0 N–H and O–H groups in total. The number of ether oxygens (including phenoxy) is 1. The van der Waals surface area contributed by atoms with Crippen LogP contribution in [0.4, 0.5) is 0 Å². The fourth-order valence-electron chi connectivity index (χ4n) is 0.744. The maximum Gasteiger partial charge on any atom is 0.172 e. The maximum atomic E-state index is 10.7. The van der Waals surface area contributed by atoms with Gasteiger partial charge in [-0.1, -0.05) is 6.92 Å². The van der Waals surface area contributed by atoms with Crippen LogP contribution in [0.5, 0.6) is 0 Å². The van der Waals surface area contributed by atoms with Gasteiger partial charge in [0.25, 0.3) is 0 Å². The van der Waals surface area contributed by atoms with Crippen molar-refractivity contribution >= 4 is 5.78 Å². The molecule has 1 fully saturated rings. The van der Waals surface area contributed by atoms with E-state index in [0.29, 0.717) is 12.7 Å². The van der Waals surface area contributed by atoms with Crippen LogP contribution in [0.25, 0.3) is 0 Å². The first-order valence-electron chi connectivity index (χ1n) is 2.72. The van der Waals surface area contributed by atoms with Gasteiger partial charge in [0.05, 0.1) is 6.61 Å². The lowest BCUT2D eigenvalue weighted by atomic mass is 10.1. The fourth-order valence-corrected chi connectivity index (χ4v) is 0.744. The Labute approximate surface area is 48.8 Å². The Morgan fingerprint density at radius 3 is 2.50 bits per heavy atom. The molecule has 2 heteroatoms. The summed E-state index contributed by atoms with van der Waals surface area (Å²) in [6.07, 6.45) is 0.567. The van der Waals surface area contributed by atoms with Gasteiger partial charge in [0.2, 0.25) is 0 Å². The predicted octanol–water partition coefficient (Wildman–Crippen LogP) is 0.774. The van der Waals surface area contributed by atoms with Gasteiger partial charge in [0.1, 0.15) is 0 Å². The molecule has 0 amide bonds. The molecule has 0 aromatic heterocycles. The third-order valence-corrected chi connectivity index (χ3v) is 1.34. The molecule has 1 rings (SSSR count). The van der Waals surface area contributed by atoms with Gasteiger partial charge in [0, 0.05) is 5.92 Å². The number of hydrogen-bond acceptors (Lipinski definition) is 2. The van der Waals surface area contributed by atoms with Crippen molar-refractivity contribution in [2.75, 3.05) is 6.61 Å². The minimum absolute atomic E-state index is 0.0926. The van der Waals surface area contributed by atoms with Crippen molar-refractivity contribution in [1.29, 1.82) is 0 Å². The molecule has 1 aliphatic heterocycles. The molecule has 0 aliphatic carbocycles. The first-order valence-corrected chi connectivity index (χ1v) is 2.72. The molecule has 1 radical (unpaired) electrons. The quantitative estimate of drug-likeness (QED) is 0.464. The molecular weight excluding hydrogens is 104 g/mol. The summed E-state index contributed by atoms with van der Waals surface area (Å²) >= 11 is 0. The van der Waals surface area contributed by atoms with E-state index >= 15 is 0 Å². The third-order valence-electron chi connectivity index (χ3n) is 1.34. The zero-order valence-electron chi connectivity index (χ0n) is 5.10. The Bertz CT molecular complexity index is 97.1. The van der Waals surface area contributed by atoms with Crippen LogP contribution in [0.1, 0.15) is 13.8 Å². The molecule has 8 heavy (non-hydrogen) atoms. The summed E-state index contributed by atoms with van der Waals surface area (Å²) in [5.41, 5.74) is 0. The monoisotopic (exact) mass is 113 g/mol. The van der Waals surface area contributed by atoms with E-state index in [9.17, 15) is 4.79 Å². The van der Waals surface area contributed by atoms with E-state index in [2.05, 4.69) is 0 Å². The molecule has 0 bridgehead atoms. The normalized spacial score (nSPS) is 31.8. The van der Waals surface area contributed by atoms with Gasteiger partial charge in [-0.2, -0.15) is 0 Å². The molecule has 1 heterocycles. The van der Waals surface area contributed by atoms with Crippen LogP contribution in [0.15, 0.2) is 0 Å². The molecular formula is C6H9O2. The van der Waals surface area contributed by atoms with Crippen LogP contribution in [-0.4, -0.2) is 12.4 Å². The highest BCUT2D eigenvalue weighted by atomic mass is 16.5. The van der Waals surface area contributed by atoms with Gasteiger partial charge in [0.15, 0.2) is 11.9 Å². The molecule has 0 aromatic carbocycles. The highest BCUT2D eigenvalue weighted by molar-refractivity contribution is 5.93. The number of hydrogen-bond donors (Lipinski definition) is 0. The standard InChI is InChI=1S/C6H9O2/c1-4-3-8-5(2)6(4)7/h4H,3H2,1-2H3. The van der Waals surface area contributed by atoms with Gasteiger partial charge >= 0.3 is 0 Å². The Balaban J connectivity index is 2.57. The van der Waals surface area contributed by atoms with Gasteiger partial charge in [-0.3, -0.25) is 4.79 Å². The fraction of sp³-hybridized carbons (Fsp3) is 0.667. The van der Waals surface area contributed by atoms with Crippen molar-refractivity contribution < 1.29 is 9.53 Å². The van der Waals surface area contributed by atoms with E-state index in [1.165, 1.54) is 0 Å². The van der Waals surface area contributed by atoms with Gasteiger partial charge in [-0.05, 0) is 6.92 Å². The number of Topliss-reactive ketones (excluding diaryl/α,β-unsaturated/α-hetero) is 1. The van der Waals surface area contributed by atoms with E-state index < -0.39 is 0 Å². The lowest BCUT2D eigenvalue weighted by Gasteiger charge is -1.92. The van der Waals surface area contributed by atoms with Crippen LogP contribution in [-0.2, 0) is 9.53 Å². The summed E-state index contributed by atoms with van der Waals surface area (Å²) < 4.78 is 4.94. The third kappa shape index (κ3) is 0.757. The zero-order chi connectivity index (χ0) is 6.15. The minimum atomic E-state index is 0.0926. The summed E-state index contributed by atoms with van der Waals surface area (Å²) in [7, 11) is 0. The van der Waals surface area contributed by atoms with E-state index in [1.807, 2.05) is 6.92 Å². The van der Waals surface area contributed by atoms with Crippen LogP contribution in [0, 0.1) is 12.0 Å². The van der Waals surface area contributed by atoms with Crippen molar-refractivity contribution in [2.45, 2.75) is 13.8 Å². The molecule has 45 valence electrons. The average molecular weight is 113 g/mol. The van der Waals surface area contributed by atoms with Crippen LogP contribution < -0.4 is 0 Å². The Kier molecular flexibility index (Phi) is 1.34. The molecule has 1 saturated heterocycles. The molecule has 2 nitrogen and oxygen atoms in total. The average Bonchev–Trinajstić information content (AvgIpc) is 1.98. The van der Waals surface area contributed by atoms with E-state index in [4.69, 9.17) is 4.74 Å². The predicted molar refractivity (Wildman–Crippen MR) is 29.0 cm³/mol. The van der Waals surface area contributed by atoms with E-state index in [1.54, 1.807) is 6.92 Å². The Hall–Kier alpha value is -0.370. The van der Waals surface area contributed by atoms with Crippen molar-refractivity contribution in [3.8, 4) is 0 Å². The van der Waals surface area contributed by atoms with Crippen molar-refractivity contribution in [3.05, 3.63) is 6.10 Å². The summed E-state index contributed by atoms with van der Waals surface area (Å²) in [6, 6.07) is 0. The van der Waals surface area contributed by atoms with Crippen molar-refractivity contribution in [1.82, 2.24) is 0 Å². The Morgan fingerprint density at radius 2 is 2.38 bits per heavy atom. The van der Waals surface area contributed by atoms with Crippen molar-refractivity contribution in [3.63, 3.8) is 0 Å². The number of carbonyl (C=O) groups is 1. The number of carbonyl (C=O) groups excluding carboxylic acids is 1. The second-order valence-corrected chi connectivity index (χ2v) is 2.13. The van der Waals surface area contributed by atoms with Gasteiger partial charge in [-0.15, -0.1) is 0 Å². The van der Waals surface area contributed by atoms with E-state index in [0.717, 1.165) is 0 Å². The van der Waals surface area contributed by atoms with Gasteiger partial charge < -0.3 is 4.74 Å². The second-order valence-electron chi connectivity index (χ2n) is 2.13. The SMILES string of the molecule is C[C]1OCC(C)C1=O. The molecule has 1 unspecified atom stereocenters. The molecule has 0 aromatic rings. The smallest absolute Gasteiger partial charge is 0.172 e. The molecule has 0 saturated carbocycles. The molecule has 1 atom stereocenters. The maximum absolute atomic E-state index is 10.7. The van der Waals surface area contributed by atoms with Crippen LogP contribution in [0.3, 0.4) is 0 Å². The highest BCUT2D eigenvalue weighted by Crippen LogP contribution is 2.19. The lowest BCUT2D eigenvalue weighted by molar-refractivity contribution is -0.119. The second kappa shape index (κ2) is 1.86. The van der Waals surface area contributed by atoms with E-state index in [-0.39, 0.29) is 11.7 Å². The van der Waals surface area contributed by atoms with Crippen LogP contribution >= 0.6 is 0 Å². The van der Waals surface area contributed by atoms with Crippen LogP contribution in [0.2, 0.25) is 0 Å². The van der Waals surface area contributed by atoms with Crippen molar-refractivity contribution in [2.24, 2.45) is 5.92 Å². The first kappa shape index (κ1) is 5.76. The van der Waals surface area contributed by atoms with Gasteiger partial charge in [-0.25, -0.2) is 0 Å². The summed E-state index contributed by atoms with van der Waals surface area (Å²) in [4.78, 5) is 10.7. The summed E-state index contributed by atoms with van der Waals surface area (Å²) in [5, 5.41) is 0.